The number of hydrogen-bond acceptors (Lipinski definition) is 3. The predicted molar refractivity (Wildman–Crippen MR) is 90.5 cm³/mol. The van der Waals surface area contributed by atoms with Crippen molar-refractivity contribution in [3.8, 4) is 0 Å². The molecule has 118 valence electrons. The smallest absolute Gasteiger partial charge is 0.261 e. The first-order valence-electron chi connectivity index (χ1n) is 8.11. The van der Waals surface area contributed by atoms with Gasteiger partial charge in [0.15, 0.2) is 0 Å². The summed E-state index contributed by atoms with van der Waals surface area (Å²) in [5.74, 6) is 1.33. The molecule has 0 bridgehead atoms. The lowest BCUT2D eigenvalue weighted by Gasteiger charge is -2.24. The normalized spacial score (nSPS) is 16.3. The second kappa shape index (κ2) is 6.80. The van der Waals surface area contributed by atoms with Crippen molar-refractivity contribution in [2.45, 2.75) is 51.0 Å². The molecular formula is C17H22ClN3O. The third kappa shape index (κ3) is 3.03. The molecular weight excluding hydrogens is 298 g/mol. The fourth-order valence-electron chi connectivity index (χ4n) is 3.35. The van der Waals surface area contributed by atoms with Gasteiger partial charge < -0.3 is 5.73 Å². The van der Waals surface area contributed by atoms with Crippen LogP contribution in [0.4, 0.5) is 0 Å². The first-order valence-corrected chi connectivity index (χ1v) is 8.48. The van der Waals surface area contributed by atoms with Crippen molar-refractivity contribution in [2.75, 3.05) is 6.54 Å². The van der Waals surface area contributed by atoms with Gasteiger partial charge in [-0.05, 0) is 44.0 Å². The topological polar surface area (TPSA) is 60.9 Å². The number of benzene rings is 1. The Morgan fingerprint density at radius 2 is 2.05 bits per heavy atom. The molecule has 1 aromatic heterocycles. The van der Waals surface area contributed by atoms with Gasteiger partial charge >= 0.3 is 0 Å². The highest BCUT2D eigenvalue weighted by molar-refractivity contribution is 6.31. The quantitative estimate of drug-likeness (QED) is 0.939. The SMILES string of the molecule is NCCCn1c(C2CCCCC2)nc2ccc(Cl)cc2c1=O. The van der Waals surface area contributed by atoms with E-state index in [9.17, 15) is 4.79 Å². The second-order valence-electron chi connectivity index (χ2n) is 6.07. The van der Waals surface area contributed by atoms with Gasteiger partial charge in [-0.2, -0.15) is 0 Å². The Kier molecular flexibility index (Phi) is 4.79. The van der Waals surface area contributed by atoms with Crippen LogP contribution in [0.2, 0.25) is 5.02 Å². The maximum absolute atomic E-state index is 12.9. The number of nitrogens with zero attached hydrogens (tertiary/aromatic N) is 2. The maximum Gasteiger partial charge on any atom is 0.261 e. The Bertz CT molecular complexity index is 720. The van der Waals surface area contributed by atoms with E-state index in [1.165, 1.54) is 19.3 Å². The second-order valence-corrected chi connectivity index (χ2v) is 6.50. The Morgan fingerprint density at radius 3 is 2.77 bits per heavy atom. The largest absolute Gasteiger partial charge is 0.330 e. The summed E-state index contributed by atoms with van der Waals surface area (Å²) in [6, 6.07) is 5.36. The summed E-state index contributed by atoms with van der Waals surface area (Å²) in [4.78, 5) is 17.7. The molecule has 2 N–H and O–H groups in total. The van der Waals surface area contributed by atoms with Gasteiger partial charge in [-0.15, -0.1) is 0 Å². The molecule has 5 heteroatoms. The van der Waals surface area contributed by atoms with Crippen molar-refractivity contribution in [1.82, 2.24) is 9.55 Å². The van der Waals surface area contributed by atoms with E-state index < -0.39 is 0 Å². The van der Waals surface area contributed by atoms with E-state index in [1.54, 1.807) is 12.1 Å². The summed E-state index contributed by atoms with van der Waals surface area (Å²) in [7, 11) is 0. The third-order valence-electron chi connectivity index (χ3n) is 4.50. The van der Waals surface area contributed by atoms with Gasteiger partial charge in [-0.25, -0.2) is 4.98 Å². The molecule has 2 aromatic rings. The van der Waals surface area contributed by atoms with Gasteiger partial charge in [0.05, 0.1) is 10.9 Å². The lowest BCUT2D eigenvalue weighted by Crippen LogP contribution is -2.28. The molecule has 22 heavy (non-hydrogen) atoms. The van der Waals surface area contributed by atoms with Crippen LogP contribution < -0.4 is 11.3 Å². The predicted octanol–water partition coefficient (Wildman–Crippen LogP) is 3.45. The molecule has 1 heterocycles. The van der Waals surface area contributed by atoms with E-state index in [2.05, 4.69) is 0 Å². The minimum Gasteiger partial charge on any atom is -0.330 e. The number of hydrogen-bond donors (Lipinski definition) is 1. The Labute approximate surface area is 135 Å². The molecule has 0 atom stereocenters. The van der Waals surface area contributed by atoms with E-state index in [-0.39, 0.29) is 5.56 Å². The van der Waals surface area contributed by atoms with Crippen LogP contribution in [0.1, 0.15) is 50.3 Å². The van der Waals surface area contributed by atoms with Gasteiger partial charge in [0, 0.05) is 17.5 Å². The summed E-state index contributed by atoms with van der Waals surface area (Å²) in [6.07, 6.45) is 6.74. The molecule has 3 rings (SSSR count). The number of fused-ring (bicyclic) bond motifs is 1. The van der Waals surface area contributed by atoms with Crippen LogP contribution in [0.15, 0.2) is 23.0 Å². The van der Waals surface area contributed by atoms with E-state index in [1.807, 2.05) is 10.6 Å². The van der Waals surface area contributed by atoms with Crippen molar-refractivity contribution in [3.05, 3.63) is 39.4 Å². The fourth-order valence-corrected chi connectivity index (χ4v) is 3.52. The molecule has 1 saturated carbocycles. The van der Waals surface area contributed by atoms with Crippen LogP contribution >= 0.6 is 11.6 Å². The average Bonchev–Trinajstić information content (AvgIpc) is 2.55. The maximum atomic E-state index is 12.9. The highest BCUT2D eigenvalue weighted by Crippen LogP contribution is 2.32. The van der Waals surface area contributed by atoms with E-state index in [4.69, 9.17) is 22.3 Å². The number of halogens is 1. The molecule has 1 aliphatic carbocycles. The molecule has 0 spiro atoms. The average molecular weight is 320 g/mol. The van der Waals surface area contributed by atoms with E-state index in [0.717, 1.165) is 30.6 Å². The number of nitrogens with two attached hydrogens (primary N) is 1. The monoisotopic (exact) mass is 319 g/mol. The van der Waals surface area contributed by atoms with Gasteiger partial charge in [0.1, 0.15) is 5.82 Å². The molecule has 1 aliphatic rings. The fraction of sp³-hybridized carbons (Fsp3) is 0.529. The Hall–Kier alpha value is -1.39. The minimum atomic E-state index is 0.0153. The van der Waals surface area contributed by atoms with Crippen LogP contribution in [0.3, 0.4) is 0 Å². The van der Waals surface area contributed by atoms with E-state index in [0.29, 0.717) is 29.4 Å². The summed E-state index contributed by atoms with van der Waals surface area (Å²) in [6.45, 7) is 1.21. The van der Waals surface area contributed by atoms with Crippen molar-refractivity contribution in [3.63, 3.8) is 0 Å². The molecule has 0 aliphatic heterocycles. The highest BCUT2D eigenvalue weighted by Gasteiger charge is 2.22. The highest BCUT2D eigenvalue weighted by atomic mass is 35.5. The zero-order valence-corrected chi connectivity index (χ0v) is 13.5. The Morgan fingerprint density at radius 1 is 1.27 bits per heavy atom. The van der Waals surface area contributed by atoms with Crippen LogP contribution in [-0.4, -0.2) is 16.1 Å². The lowest BCUT2D eigenvalue weighted by atomic mass is 9.88. The van der Waals surface area contributed by atoms with Crippen LogP contribution in [-0.2, 0) is 6.54 Å². The van der Waals surface area contributed by atoms with Crippen molar-refractivity contribution in [1.29, 1.82) is 0 Å². The van der Waals surface area contributed by atoms with Gasteiger partial charge in [0.25, 0.3) is 5.56 Å². The zero-order chi connectivity index (χ0) is 15.5. The molecule has 0 radical (unpaired) electrons. The summed E-state index contributed by atoms with van der Waals surface area (Å²) >= 11 is 6.04. The summed E-state index contributed by atoms with van der Waals surface area (Å²) in [5, 5.41) is 1.17. The molecule has 1 aromatic carbocycles. The first kappa shape index (κ1) is 15.5. The standard InChI is InChI=1S/C17H22ClN3O/c18-13-7-8-15-14(11-13)17(22)21(10-4-9-19)16(20-15)12-5-2-1-3-6-12/h7-8,11-12H,1-6,9-10,19H2. The van der Waals surface area contributed by atoms with Gasteiger partial charge in [0.2, 0.25) is 0 Å². The summed E-state index contributed by atoms with van der Waals surface area (Å²) in [5.41, 5.74) is 6.40. The molecule has 4 nitrogen and oxygen atoms in total. The van der Waals surface area contributed by atoms with Crippen LogP contribution in [0.25, 0.3) is 10.9 Å². The van der Waals surface area contributed by atoms with Crippen LogP contribution in [0.5, 0.6) is 0 Å². The molecule has 1 fully saturated rings. The van der Waals surface area contributed by atoms with E-state index >= 15 is 0 Å². The number of rotatable bonds is 4. The van der Waals surface area contributed by atoms with Crippen LogP contribution in [0, 0.1) is 0 Å². The zero-order valence-electron chi connectivity index (χ0n) is 12.7. The molecule has 0 unspecified atom stereocenters. The van der Waals surface area contributed by atoms with Crippen molar-refractivity contribution in [2.24, 2.45) is 5.73 Å². The van der Waals surface area contributed by atoms with Crippen molar-refractivity contribution >= 4 is 22.5 Å². The lowest BCUT2D eigenvalue weighted by molar-refractivity contribution is 0.407. The molecule has 0 saturated heterocycles. The van der Waals surface area contributed by atoms with Gasteiger partial charge in [-0.1, -0.05) is 30.9 Å². The minimum absolute atomic E-state index is 0.0153. The summed E-state index contributed by atoms with van der Waals surface area (Å²) < 4.78 is 1.83. The number of aromatic nitrogens is 2. The van der Waals surface area contributed by atoms with Gasteiger partial charge in [-0.3, -0.25) is 9.36 Å². The van der Waals surface area contributed by atoms with Crippen molar-refractivity contribution < 1.29 is 0 Å². The first-order chi connectivity index (χ1) is 10.7. The molecule has 0 amide bonds. The third-order valence-corrected chi connectivity index (χ3v) is 4.74. The Balaban J connectivity index is 2.15.